The minimum atomic E-state index is -4.61. The number of aliphatic hydroxyl groups excluding tert-OH is 1. The topological polar surface area (TPSA) is 108 Å². The fraction of sp³-hybridized carbons (Fsp3) is 0.964. The van der Waals surface area contributed by atoms with E-state index in [1.165, 1.54) is 411 Å². The monoisotopic (exact) mass is 1330 g/mol. The molecule has 3 unspecified atom stereocenters. The SMILES string of the molecule is CCCCCCCCCCCCCCCCCCCCCCCCCCCCCC/C=C/C(O)C(COP(=O)([O-])OCC[N+](C)(C)C)NC(=O)CCCCCCCCCCCCCCCCCCCCCCCCCCCCCCCCCCCCCCCCCCC. The second kappa shape index (κ2) is 75.4. The number of amides is 1. The van der Waals surface area contributed by atoms with Gasteiger partial charge < -0.3 is 28.8 Å². The quantitative estimate of drug-likeness (QED) is 0.0272. The molecule has 1 amide bonds. The van der Waals surface area contributed by atoms with Crippen molar-refractivity contribution in [3.05, 3.63) is 12.2 Å². The van der Waals surface area contributed by atoms with Crippen LogP contribution in [0.5, 0.6) is 0 Å². The molecule has 93 heavy (non-hydrogen) atoms. The molecule has 2 N–H and O–H groups in total. The summed E-state index contributed by atoms with van der Waals surface area (Å²) in [7, 11) is 1.29. The lowest BCUT2D eigenvalue weighted by Gasteiger charge is -2.29. The number of nitrogens with zero attached hydrogens (tertiary/aromatic N) is 1. The first-order valence-electron chi connectivity index (χ1n) is 42.6. The van der Waals surface area contributed by atoms with Gasteiger partial charge in [0.15, 0.2) is 0 Å². The van der Waals surface area contributed by atoms with Crippen molar-refractivity contribution in [2.24, 2.45) is 0 Å². The van der Waals surface area contributed by atoms with Crippen molar-refractivity contribution in [2.75, 3.05) is 40.9 Å². The summed E-state index contributed by atoms with van der Waals surface area (Å²) in [6, 6.07) is -0.885. The van der Waals surface area contributed by atoms with Crippen LogP contribution in [0.4, 0.5) is 0 Å². The van der Waals surface area contributed by atoms with E-state index in [1.54, 1.807) is 6.08 Å². The standard InChI is InChI=1S/C84H169N2O6P/c1-6-8-10-12-14-16-18-20-22-24-26-28-30-32-34-36-38-39-40-41-42-43-44-45-46-47-48-50-52-54-56-58-60-62-64-66-68-70-72-74-76-78-84(88)85-82(81-92-93(89,90)91-80-79-86(3,4)5)83(87)77-75-73-71-69-67-65-63-61-59-57-55-53-51-49-37-35-33-31-29-27-25-23-21-19-17-15-13-11-9-7-2/h75,77,82-83,87H,6-74,76,78-81H2,1-5H3,(H-,85,88,89,90)/b77-75+. The normalized spacial score (nSPS) is 13.4. The van der Waals surface area contributed by atoms with Crippen molar-refractivity contribution in [1.29, 1.82) is 0 Å². The second-order valence-corrected chi connectivity index (χ2v) is 32.3. The van der Waals surface area contributed by atoms with E-state index in [-0.39, 0.29) is 19.1 Å². The summed E-state index contributed by atoms with van der Waals surface area (Å²) in [6.45, 7) is 4.74. The fourth-order valence-electron chi connectivity index (χ4n) is 13.7. The zero-order chi connectivity index (χ0) is 67.6. The van der Waals surface area contributed by atoms with Crippen LogP contribution in [-0.2, 0) is 18.4 Å². The molecule has 0 saturated heterocycles. The van der Waals surface area contributed by atoms with Gasteiger partial charge in [0.1, 0.15) is 13.2 Å². The number of phosphoric ester groups is 1. The maximum atomic E-state index is 13.1. The number of hydrogen-bond acceptors (Lipinski definition) is 6. The number of carbonyl (C=O) groups excluding carboxylic acids is 1. The van der Waals surface area contributed by atoms with E-state index in [2.05, 4.69) is 19.2 Å². The number of carbonyl (C=O) groups is 1. The summed E-state index contributed by atoms with van der Waals surface area (Å²) in [4.78, 5) is 25.7. The van der Waals surface area contributed by atoms with Gasteiger partial charge in [0, 0.05) is 6.42 Å². The highest BCUT2D eigenvalue weighted by Gasteiger charge is 2.23. The Morgan fingerprint density at radius 3 is 0.806 bits per heavy atom. The predicted octanol–water partition coefficient (Wildman–Crippen LogP) is 27.3. The molecule has 0 spiro atoms. The second-order valence-electron chi connectivity index (χ2n) is 30.9. The van der Waals surface area contributed by atoms with Gasteiger partial charge in [0.25, 0.3) is 7.82 Å². The van der Waals surface area contributed by atoms with Crippen LogP contribution < -0.4 is 10.2 Å². The number of phosphoric acid groups is 1. The Hall–Kier alpha value is -0.760. The number of unbranched alkanes of at least 4 members (excludes halogenated alkanes) is 68. The van der Waals surface area contributed by atoms with Crippen LogP contribution in [-0.4, -0.2) is 68.5 Å². The van der Waals surface area contributed by atoms with Crippen LogP contribution in [0.1, 0.15) is 470 Å². The molecule has 0 rings (SSSR count). The lowest BCUT2D eigenvalue weighted by Crippen LogP contribution is -2.45. The molecule has 0 aliphatic carbocycles. The molecule has 0 fully saturated rings. The van der Waals surface area contributed by atoms with Gasteiger partial charge in [-0.2, -0.15) is 0 Å². The third-order valence-electron chi connectivity index (χ3n) is 20.2. The maximum Gasteiger partial charge on any atom is 0.268 e. The Labute approximate surface area is 583 Å². The molecule has 0 radical (unpaired) electrons. The molecule has 0 aromatic heterocycles. The summed E-state index contributed by atoms with van der Waals surface area (Å²) >= 11 is 0. The molecule has 0 bridgehead atoms. The lowest BCUT2D eigenvalue weighted by molar-refractivity contribution is -0.870. The van der Waals surface area contributed by atoms with E-state index >= 15 is 0 Å². The van der Waals surface area contributed by atoms with E-state index in [0.29, 0.717) is 17.4 Å². The highest BCUT2D eigenvalue weighted by molar-refractivity contribution is 7.45. The van der Waals surface area contributed by atoms with Crippen molar-refractivity contribution < 1.29 is 32.9 Å². The lowest BCUT2D eigenvalue weighted by atomic mass is 10.0. The summed E-state index contributed by atoms with van der Waals surface area (Å²) in [5.74, 6) is -0.185. The third kappa shape index (κ3) is 78.5. The summed E-state index contributed by atoms with van der Waals surface area (Å²) < 4.78 is 23.6. The van der Waals surface area contributed by atoms with Crippen LogP contribution in [0.2, 0.25) is 0 Å². The zero-order valence-electron chi connectivity index (χ0n) is 64.0. The molecular formula is C84H169N2O6P. The van der Waals surface area contributed by atoms with Gasteiger partial charge in [-0.25, -0.2) is 0 Å². The first kappa shape index (κ1) is 92.2. The van der Waals surface area contributed by atoms with Crippen molar-refractivity contribution in [1.82, 2.24) is 5.32 Å². The minimum absolute atomic E-state index is 0.00321. The molecule has 0 aliphatic heterocycles. The Balaban J connectivity index is 3.87. The number of quaternary nitrogens is 1. The van der Waals surface area contributed by atoms with E-state index in [4.69, 9.17) is 9.05 Å². The van der Waals surface area contributed by atoms with Gasteiger partial charge in [-0.15, -0.1) is 0 Å². The van der Waals surface area contributed by atoms with Gasteiger partial charge in [0.2, 0.25) is 5.91 Å². The molecule has 0 aromatic carbocycles. The van der Waals surface area contributed by atoms with E-state index in [0.717, 1.165) is 38.5 Å². The van der Waals surface area contributed by atoms with Crippen LogP contribution in [0, 0.1) is 0 Å². The van der Waals surface area contributed by atoms with Gasteiger partial charge in [0.05, 0.1) is 39.9 Å². The number of allylic oxidation sites excluding steroid dienone is 1. The van der Waals surface area contributed by atoms with E-state index in [9.17, 15) is 19.4 Å². The van der Waals surface area contributed by atoms with Crippen LogP contribution in [0.15, 0.2) is 12.2 Å². The van der Waals surface area contributed by atoms with Crippen molar-refractivity contribution in [2.45, 2.75) is 482 Å². The number of nitrogens with one attached hydrogen (secondary N) is 1. The van der Waals surface area contributed by atoms with Gasteiger partial charge >= 0.3 is 0 Å². The summed E-state index contributed by atoms with van der Waals surface area (Å²) in [6.07, 6.45) is 99.9. The fourth-order valence-corrected chi connectivity index (χ4v) is 14.4. The molecule has 0 heterocycles. The van der Waals surface area contributed by atoms with E-state index in [1.807, 2.05) is 27.2 Å². The molecule has 3 atom stereocenters. The van der Waals surface area contributed by atoms with Crippen molar-refractivity contribution in [3.8, 4) is 0 Å². The van der Waals surface area contributed by atoms with Crippen molar-refractivity contribution in [3.63, 3.8) is 0 Å². The maximum absolute atomic E-state index is 13.1. The van der Waals surface area contributed by atoms with Gasteiger partial charge in [-0.1, -0.05) is 456 Å². The molecular weight excluding hydrogens is 1160 g/mol. The number of likely N-dealkylation sites (N-methyl/N-ethyl adjacent to an activating group) is 1. The average Bonchev–Trinajstić information content (AvgIpc) is 2.57. The molecule has 0 aromatic rings. The minimum Gasteiger partial charge on any atom is -0.756 e. The summed E-state index contributed by atoms with van der Waals surface area (Å²) in [5, 5.41) is 14.0. The zero-order valence-corrected chi connectivity index (χ0v) is 64.9. The summed E-state index contributed by atoms with van der Waals surface area (Å²) in [5.41, 5.74) is 0. The van der Waals surface area contributed by atoms with Gasteiger partial charge in [-0.05, 0) is 19.3 Å². The average molecular weight is 1330 g/mol. The van der Waals surface area contributed by atoms with Gasteiger partial charge in [-0.3, -0.25) is 9.36 Å². The highest BCUT2D eigenvalue weighted by atomic mass is 31.2. The predicted molar refractivity (Wildman–Crippen MR) is 409 cm³/mol. The number of hydrogen-bond donors (Lipinski definition) is 2. The Bertz CT molecular complexity index is 1520. The third-order valence-corrected chi connectivity index (χ3v) is 21.2. The first-order valence-corrected chi connectivity index (χ1v) is 44.0. The Kier molecular flexibility index (Phi) is 74.8. The molecule has 8 nitrogen and oxygen atoms in total. The van der Waals surface area contributed by atoms with Crippen LogP contribution >= 0.6 is 7.82 Å². The van der Waals surface area contributed by atoms with E-state index < -0.39 is 20.0 Å². The number of rotatable bonds is 81. The van der Waals surface area contributed by atoms with Crippen LogP contribution in [0.25, 0.3) is 0 Å². The first-order chi connectivity index (χ1) is 45.5. The van der Waals surface area contributed by atoms with Crippen molar-refractivity contribution >= 4 is 13.7 Å². The smallest absolute Gasteiger partial charge is 0.268 e. The number of aliphatic hydroxyl groups is 1. The highest BCUT2D eigenvalue weighted by Crippen LogP contribution is 2.38. The largest absolute Gasteiger partial charge is 0.756 e. The molecule has 556 valence electrons. The Morgan fingerprint density at radius 2 is 0.581 bits per heavy atom. The molecule has 0 aliphatic rings. The van der Waals surface area contributed by atoms with Crippen LogP contribution in [0.3, 0.4) is 0 Å². The Morgan fingerprint density at radius 1 is 0.366 bits per heavy atom. The molecule has 0 saturated carbocycles. The molecule has 9 heteroatoms.